The largest absolute Gasteiger partial charge is 0.494 e. The van der Waals surface area contributed by atoms with Gasteiger partial charge < -0.3 is 14.0 Å². The van der Waals surface area contributed by atoms with Crippen LogP contribution in [0.2, 0.25) is 0 Å². The first-order valence-electron chi connectivity index (χ1n) is 6.41. The van der Waals surface area contributed by atoms with Crippen LogP contribution in [0, 0.1) is 5.41 Å². The van der Waals surface area contributed by atoms with Crippen molar-refractivity contribution < 1.29 is 14.0 Å². The van der Waals surface area contributed by atoms with Crippen molar-refractivity contribution in [1.29, 1.82) is 5.41 Å². The molecule has 0 bridgehead atoms. The van der Waals surface area contributed by atoms with Crippen molar-refractivity contribution in [2.24, 2.45) is 0 Å². The molecule has 1 heterocycles. The Morgan fingerprint density at radius 3 is 2.11 bits per heavy atom. The second-order valence-corrected chi connectivity index (χ2v) is 5.76. The number of nitrogens with one attached hydrogen (secondary N) is 1. The first-order valence-corrected chi connectivity index (χ1v) is 6.41. The van der Waals surface area contributed by atoms with Gasteiger partial charge in [0.1, 0.15) is 6.61 Å². The van der Waals surface area contributed by atoms with Gasteiger partial charge in [-0.1, -0.05) is 24.3 Å². The molecular weight excluding hydrogens is 241 g/mol. The van der Waals surface area contributed by atoms with Gasteiger partial charge in [0.05, 0.1) is 11.2 Å². The van der Waals surface area contributed by atoms with Gasteiger partial charge in [-0.05, 0) is 38.7 Å². The van der Waals surface area contributed by atoms with Gasteiger partial charge in [0.2, 0.25) is 0 Å². The topological polar surface area (TPSA) is 51.5 Å². The third-order valence-electron chi connectivity index (χ3n) is 3.84. The molecule has 1 aromatic carbocycles. The number of rotatable bonds is 4. The zero-order chi connectivity index (χ0) is 14.1. The Bertz CT molecular complexity index is 440. The van der Waals surface area contributed by atoms with Crippen LogP contribution in [-0.4, -0.2) is 24.7 Å². The van der Waals surface area contributed by atoms with Crippen LogP contribution in [0.25, 0.3) is 0 Å². The van der Waals surface area contributed by atoms with Crippen molar-refractivity contribution in [2.45, 2.75) is 45.5 Å². The van der Waals surface area contributed by atoms with E-state index in [-0.39, 0.29) is 18.3 Å². The third kappa shape index (κ3) is 2.82. The van der Waals surface area contributed by atoms with Gasteiger partial charge in [-0.2, -0.15) is 0 Å². The monoisotopic (exact) mass is 261 g/mol. The molecule has 0 spiro atoms. The molecule has 1 aromatic rings. The normalized spacial score (nSPS) is 20.3. The predicted octanol–water partition coefficient (Wildman–Crippen LogP) is 2.11. The van der Waals surface area contributed by atoms with Crippen molar-refractivity contribution >= 4 is 19.0 Å². The van der Waals surface area contributed by atoms with E-state index in [2.05, 4.69) is 0 Å². The minimum absolute atomic E-state index is 0.320. The Balaban J connectivity index is 2.10. The fraction of sp³-hybridized carbons (Fsp3) is 0.500. The van der Waals surface area contributed by atoms with Gasteiger partial charge in [0.25, 0.3) is 0 Å². The lowest BCUT2D eigenvalue weighted by Crippen LogP contribution is -2.41. The average molecular weight is 261 g/mol. The van der Waals surface area contributed by atoms with E-state index in [9.17, 15) is 0 Å². The van der Waals surface area contributed by atoms with Crippen LogP contribution in [0.4, 0.5) is 0 Å². The lowest BCUT2D eigenvalue weighted by Gasteiger charge is -2.32. The molecule has 1 fully saturated rings. The molecule has 0 amide bonds. The van der Waals surface area contributed by atoms with Crippen molar-refractivity contribution in [1.82, 2.24) is 0 Å². The molecule has 5 heteroatoms. The zero-order valence-electron chi connectivity index (χ0n) is 11.9. The summed E-state index contributed by atoms with van der Waals surface area (Å²) < 4.78 is 16.9. The third-order valence-corrected chi connectivity index (χ3v) is 3.84. The molecule has 1 saturated heterocycles. The van der Waals surface area contributed by atoms with Crippen LogP contribution in [-0.2, 0) is 20.7 Å². The summed E-state index contributed by atoms with van der Waals surface area (Å²) in [6.07, 6.45) is 0.947. The molecule has 0 unspecified atom stereocenters. The standard InChI is InChI=1S/C14H20BNO3/c1-13(2)14(3,4)19-15(18-13)12-7-5-11(6-8-12)9-17-10-16/h5-8,10,16H,9H2,1-4H3. The SMILES string of the molecule is CC1(C)OB(c2ccc(COC=N)cc2)OC1(C)C. The van der Waals surface area contributed by atoms with Gasteiger partial charge in [0, 0.05) is 0 Å². The second kappa shape index (κ2) is 4.98. The van der Waals surface area contributed by atoms with Crippen molar-refractivity contribution in [2.75, 3.05) is 0 Å². The maximum absolute atomic E-state index is 6.83. The fourth-order valence-corrected chi connectivity index (χ4v) is 1.89. The first-order chi connectivity index (χ1) is 8.86. The van der Waals surface area contributed by atoms with E-state index in [0.29, 0.717) is 6.61 Å². The molecule has 1 N–H and O–H groups in total. The maximum atomic E-state index is 6.83. The minimum atomic E-state index is -0.331. The van der Waals surface area contributed by atoms with Gasteiger partial charge in [0.15, 0.2) is 6.40 Å². The Morgan fingerprint density at radius 2 is 1.63 bits per heavy atom. The molecule has 1 aliphatic heterocycles. The average Bonchev–Trinajstić information content (AvgIpc) is 2.56. The van der Waals surface area contributed by atoms with Gasteiger partial charge in [-0.3, -0.25) is 5.41 Å². The Labute approximate surface area is 114 Å². The molecule has 4 nitrogen and oxygen atoms in total. The van der Waals surface area contributed by atoms with E-state index in [1.807, 2.05) is 52.0 Å². The van der Waals surface area contributed by atoms with Crippen LogP contribution in [0.3, 0.4) is 0 Å². The number of ether oxygens (including phenoxy) is 1. The fourth-order valence-electron chi connectivity index (χ4n) is 1.89. The minimum Gasteiger partial charge on any atom is -0.479 e. The van der Waals surface area contributed by atoms with E-state index in [0.717, 1.165) is 17.4 Å². The van der Waals surface area contributed by atoms with E-state index < -0.39 is 0 Å². The van der Waals surface area contributed by atoms with Crippen LogP contribution in [0.5, 0.6) is 0 Å². The van der Waals surface area contributed by atoms with E-state index >= 15 is 0 Å². The van der Waals surface area contributed by atoms with Crippen LogP contribution >= 0.6 is 0 Å². The highest BCUT2D eigenvalue weighted by atomic mass is 16.7. The first kappa shape index (κ1) is 14.1. The molecule has 2 rings (SSSR count). The lowest BCUT2D eigenvalue weighted by atomic mass is 9.79. The summed E-state index contributed by atoms with van der Waals surface area (Å²) in [5.74, 6) is 0. The molecule has 0 aliphatic carbocycles. The van der Waals surface area contributed by atoms with Crippen molar-refractivity contribution in [3.8, 4) is 0 Å². The number of hydrogen-bond acceptors (Lipinski definition) is 4. The lowest BCUT2D eigenvalue weighted by molar-refractivity contribution is 0.00578. The van der Waals surface area contributed by atoms with Crippen molar-refractivity contribution in [3.05, 3.63) is 29.8 Å². The summed E-state index contributed by atoms with van der Waals surface area (Å²) in [5.41, 5.74) is 1.38. The smallest absolute Gasteiger partial charge is 0.479 e. The zero-order valence-corrected chi connectivity index (χ0v) is 11.9. The summed E-state index contributed by atoms with van der Waals surface area (Å²) in [6.45, 7) is 8.57. The van der Waals surface area contributed by atoms with Crippen LogP contribution in [0.1, 0.15) is 33.3 Å². The van der Waals surface area contributed by atoms with Gasteiger partial charge in [-0.15, -0.1) is 0 Å². The van der Waals surface area contributed by atoms with Gasteiger partial charge >= 0.3 is 7.12 Å². The summed E-state index contributed by atoms with van der Waals surface area (Å²) in [4.78, 5) is 0. The Kier molecular flexibility index (Phi) is 3.70. The number of hydrogen-bond donors (Lipinski definition) is 1. The highest BCUT2D eigenvalue weighted by Crippen LogP contribution is 2.36. The molecule has 0 aromatic heterocycles. The van der Waals surface area contributed by atoms with E-state index in [1.54, 1.807) is 0 Å². The Hall–Kier alpha value is -1.33. The summed E-state index contributed by atoms with van der Waals surface area (Å²) in [5, 5.41) is 6.83. The molecule has 0 radical (unpaired) electrons. The summed E-state index contributed by atoms with van der Waals surface area (Å²) in [7, 11) is -0.331. The highest BCUT2D eigenvalue weighted by Gasteiger charge is 2.51. The van der Waals surface area contributed by atoms with Gasteiger partial charge in [-0.25, -0.2) is 0 Å². The molecule has 1 aliphatic rings. The second-order valence-electron chi connectivity index (χ2n) is 5.76. The van der Waals surface area contributed by atoms with E-state index in [1.165, 1.54) is 0 Å². The van der Waals surface area contributed by atoms with Crippen LogP contribution in [0.15, 0.2) is 24.3 Å². The highest BCUT2D eigenvalue weighted by molar-refractivity contribution is 6.62. The van der Waals surface area contributed by atoms with E-state index in [4.69, 9.17) is 19.5 Å². The molecule has 0 saturated carbocycles. The quantitative estimate of drug-likeness (QED) is 0.513. The van der Waals surface area contributed by atoms with Crippen molar-refractivity contribution in [3.63, 3.8) is 0 Å². The molecule has 102 valence electrons. The summed E-state index contributed by atoms with van der Waals surface area (Å²) >= 11 is 0. The molecule has 19 heavy (non-hydrogen) atoms. The molecule has 0 atom stereocenters. The van der Waals surface area contributed by atoms with Crippen LogP contribution < -0.4 is 5.46 Å². The molecular formula is C14H20BNO3. The number of benzene rings is 1. The predicted molar refractivity (Wildman–Crippen MR) is 75.7 cm³/mol. The summed E-state index contributed by atoms with van der Waals surface area (Å²) in [6, 6.07) is 7.88. The Morgan fingerprint density at radius 1 is 1.11 bits per heavy atom. The maximum Gasteiger partial charge on any atom is 0.494 e.